The van der Waals surface area contributed by atoms with Crippen molar-refractivity contribution in [3.63, 3.8) is 0 Å². The van der Waals surface area contributed by atoms with Crippen LogP contribution in [0.5, 0.6) is 0 Å². The van der Waals surface area contributed by atoms with E-state index in [4.69, 9.17) is 4.42 Å². The van der Waals surface area contributed by atoms with Gasteiger partial charge in [-0.05, 0) is 35.7 Å². The quantitative estimate of drug-likeness (QED) is 0.563. The summed E-state index contributed by atoms with van der Waals surface area (Å²) in [5, 5.41) is 15.9. The molecule has 8 heteroatoms. The molecule has 0 spiro atoms. The highest BCUT2D eigenvalue weighted by Gasteiger charge is 2.34. The number of aromatic nitrogens is 2. The Labute approximate surface area is 151 Å². The second-order valence-electron chi connectivity index (χ2n) is 5.50. The van der Waals surface area contributed by atoms with Crippen molar-refractivity contribution in [2.24, 2.45) is 0 Å². The smallest absolute Gasteiger partial charge is 0.251 e. The second-order valence-corrected chi connectivity index (χ2v) is 6.98. The molecule has 1 atom stereocenters. The molecule has 1 amide bonds. The van der Waals surface area contributed by atoms with Crippen LogP contribution in [-0.2, 0) is 5.60 Å². The van der Waals surface area contributed by atoms with Gasteiger partial charge in [-0.2, -0.15) is 8.75 Å². The third kappa shape index (κ3) is 2.95. The third-order valence-corrected chi connectivity index (χ3v) is 5.53. The predicted octanol–water partition coefficient (Wildman–Crippen LogP) is 3.01. The van der Waals surface area contributed by atoms with E-state index in [-0.39, 0.29) is 12.5 Å². The molecular formula is C17H13N3O3S2. The Morgan fingerprint density at radius 3 is 2.88 bits per heavy atom. The predicted molar refractivity (Wildman–Crippen MR) is 95.8 cm³/mol. The first-order valence-electron chi connectivity index (χ1n) is 7.46. The Kier molecular flexibility index (Phi) is 4.08. The highest BCUT2D eigenvalue weighted by atomic mass is 32.1. The minimum absolute atomic E-state index is 0.0270. The summed E-state index contributed by atoms with van der Waals surface area (Å²) in [4.78, 5) is 13.2. The summed E-state index contributed by atoms with van der Waals surface area (Å²) in [5.74, 6) is -0.284. The van der Waals surface area contributed by atoms with Crippen molar-refractivity contribution in [1.29, 1.82) is 0 Å². The zero-order chi connectivity index (χ0) is 17.3. The molecule has 0 aliphatic heterocycles. The van der Waals surface area contributed by atoms with E-state index < -0.39 is 5.60 Å². The summed E-state index contributed by atoms with van der Waals surface area (Å²) in [7, 11) is 0. The van der Waals surface area contributed by atoms with Gasteiger partial charge < -0.3 is 14.8 Å². The van der Waals surface area contributed by atoms with Gasteiger partial charge in [0.05, 0.1) is 30.8 Å². The highest BCUT2D eigenvalue weighted by Crippen LogP contribution is 2.32. The molecule has 2 N–H and O–H groups in total. The lowest BCUT2D eigenvalue weighted by Gasteiger charge is -2.26. The summed E-state index contributed by atoms with van der Waals surface area (Å²) >= 11 is 2.53. The molecule has 0 radical (unpaired) electrons. The van der Waals surface area contributed by atoms with Gasteiger partial charge in [0.15, 0.2) is 0 Å². The van der Waals surface area contributed by atoms with Crippen LogP contribution in [0.2, 0.25) is 0 Å². The molecule has 126 valence electrons. The van der Waals surface area contributed by atoms with Gasteiger partial charge in [-0.15, -0.1) is 11.3 Å². The molecule has 3 aromatic heterocycles. The SMILES string of the molecule is O=C(NC[C@](O)(c1ccoc1)c1cccs1)c1ccc2nsnc2c1. The van der Waals surface area contributed by atoms with Crippen LogP contribution in [0.15, 0.2) is 58.7 Å². The number of amides is 1. The van der Waals surface area contributed by atoms with Gasteiger partial charge in [0.1, 0.15) is 16.6 Å². The number of nitrogens with zero attached hydrogens (tertiary/aromatic N) is 2. The molecule has 4 aromatic rings. The first kappa shape index (κ1) is 15.9. The number of benzene rings is 1. The van der Waals surface area contributed by atoms with Gasteiger partial charge in [-0.3, -0.25) is 4.79 Å². The molecule has 0 aliphatic carbocycles. The maximum atomic E-state index is 12.5. The van der Waals surface area contributed by atoms with E-state index in [1.54, 1.807) is 24.3 Å². The van der Waals surface area contributed by atoms with Crippen LogP contribution in [0.3, 0.4) is 0 Å². The van der Waals surface area contributed by atoms with E-state index in [9.17, 15) is 9.90 Å². The van der Waals surface area contributed by atoms with Crippen molar-refractivity contribution in [1.82, 2.24) is 14.1 Å². The van der Waals surface area contributed by atoms with Gasteiger partial charge in [-0.25, -0.2) is 0 Å². The van der Waals surface area contributed by atoms with E-state index >= 15 is 0 Å². The lowest BCUT2D eigenvalue weighted by atomic mass is 9.94. The lowest BCUT2D eigenvalue weighted by Crippen LogP contribution is -2.41. The Hall–Kier alpha value is -2.55. The maximum absolute atomic E-state index is 12.5. The van der Waals surface area contributed by atoms with Gasteiger partial charge in [0.2, 0.25) is 0 Å². The highest BCUT2D eigenvalue weighted by molar-refractivity contribution is 7.10. The van der Waals surface area contributed by atoms with Gasteiger partial charge in [0, 0.05) is 16.0 Å². The summed E-state index contributed by atoms with van der Waals surface area (Å²) in [6, 6.07) is 10.5. The van der Waals surface area contributed by atoms with Crippen LogP contribution in [-0.4, -0.2) is 26.3 Å². The van der Waals surface area contributed by atoms with Crippen molar-refractivity contribution >= 4 is 40.0 Å². The molecule has 0 unspecified atom stereocenters. The maximum Gasteiger partial charge on any atom is 0.251 e. The molecule has 4 rings (SSSR count). The summed E-state index contributed by atoms with van der Waals surface area (Å²) in [6.45, 7) is 0.0270. The number of fused-ring (bicyclic) bond motifs is 1. The van der Waals surface area contributed by atoms with E-state index in [1.165, 1.54) is 23.9 Å². The van der Waals surface area contributed by atoms with Gasteiger partial charge in [0.25, 0.3) is 5.91 Å². The first-order chi connectivity index (χ1) is 12.2. The fourth-order valence-corrected chi connectivity index (χ4v) is 3.94. The molecule has 25 heavy (non-hydrogen) atoms. The number of furan rings is 1. The van der Waals surface area contributed by atoms with Crippen molar-refractivity contribution in [2.75, 3.05) is 6.54 Å². The molecular weight excluding hydrogens is 358 g/mol. The first-order valence-corrected chi connectivity index (χ1v) is 9.07. The number of hydrogen-bond donors (Lipinski definition) is 2. The number of thiophene rings is 1. The molecule has 0 bridgehead atoms. The van der Waals surface area contributed by atoms with Gasteiger partial charge >= 0.3 is 0 Å². The van der Waals surface area contributed by atoms with Gasteiger partial charge in [-0.1, -0.05) is 6.07 Å². The lowest BCUT2D eigenvalue weighted by molar-refractivity contribution is 0.0714. The van der Waals surface area contributed by atoms with Crippen LogP contribution >= 0.6 is 23.1 Å². The van der Waals surface area contributed by atoms with Crippen molar-refractivity contribution in [3.8, 4) is 0 Å². The van der Waals surface area contributed by atoms with E-state index in [0.717, 1.165) is 22.1 Å². The second kappa shape index (κ2) is 6.40. The molecule has 0 fully saturated rings. The summed E-state index contributed by atoms with van der Waals surface area (Å²) in [6.07, 6.45) is 2.98. The van der Waals surface area contributed by atoms with Crippen LogP contribution < -0.4 is 5.32 Å². The van der Waals surface area contributed by atoms with Crippen LogP contribution in [0.25, 0.3) is 11.0 Å². The topological polar surface area (TPSA) is 88.2 Å². The zero-order valence-electron chi connectivity index (χ0n) is 12.9. The molecule has 1 aromatic carbocycles. The van der Waals surface area contributed by atoms with Crippen molar-refractivity contribution in [3.05, 3.63) is 70.3 Å². The number of rotatable bonds is 5. The minimum atomic E-state index is -1.34. The Bertz CT molecular complexity index is 959. The van der Waals surface area contributed by atoms with Crippen molar-refractivity contribution in [2.45, 2.75) is 5.60 Å². The monoisotopic (exact) mass is 371 g/mol. The minimum Gasteiger partial charge on any atom is -0.472 e. The standard InChI is InChI=1S/C17H13N3O3S2/c21-16(11-3-4-13-14(8-11)20-25-19-13)18-10-17(22,12-5-6-23-9-12)15-2-1-7-24-15/h1-9,22H,10H2,(H,18,21)/t17-/m0/s1. The molecule has 3 heterocycles. The molecule has 0 saturated carbocycles. The van der Waals surface area contributed by atoms with E-state index in [2.05, 4.69) is 14.1 Å². The molecule has 6 nitrogen and oxygen atoms in total. The van der Waals surface area contributed by atoms with E-state index in [1.807, 2.05) is 17.5 Å². The number of nitrogens with one attached hydrogen (secondary N) is 1. The zero-order valence-corrected chi connectivity index (χ0v) is 14.5. The largest absolute Gasteiger partial charge is 0.472 e. The Morgan fingerprint density at radius 1 is 1.24 bits per heavy atom. The fraction of sp³-hybridized carbons (Fsp3) is 0.118. The molecule has 0 aliphatic rings. The normalized spacial score (nSPS) is 13.6. The van der Waals surface area contributed by atoms with Crippen LogP contribution in [0.4, 0.5) is 0 Å². The summed E-state index contributed by atoms with van der Waals surface area (Å²) < 4.78 is 13.4. The Morgan fingerprint density at radius 2 is 2.12 bits per heavy atom. The average Bonchev–Trinajstić information content (AvgIpc) is 3.40. The van der Waals surface area contributed by atoms with Crippen LogP contribution in [0, 0.1) is 0 Å². The number of hydrogen-bond acceptors (Lipinski definition) is 7. The third-order valence-electron chi connectivity index (χ3n) is 3.95. The average molecular weight is 371 g/mol. The van der Waals surface area contributed by atoms with E-state index in [0.29, 0.717) is 16.6 Å². The summed E-state index contributed by atoms with van der Waals surface area (Å²) in [5.41, 5.74) is 1.16. The Balaban J connectivity index is 1.58. The number of carbonyl (C=O) groups excluding carboxylic acids is 1. The van der Waals surface area contributed by atoms with Crippen LogP contribution in [0.1, 0.15) is 20.8 Å². The fourth-order valence-electron chi connectivity index (χ4n) is 2.58. The number of aliphatic hydroxyl groups is 1. The number of carbonyl (C=O) groups is 1. The van der Waals surface area contributed by atoms with Crippen molar-refractivity contribution < 1.29 is 14.3 Å². The molecule has 0 saturated heterocycles.